The number of likely N-dealkylation sites (tertiary alicyclic amines) is 1. The second-order valence-electron chi connectivity index (χ2n) is 4.78. The molecule has 0 aromatic carbocycles. The molecule has 12 heavy (non-hydrogen) atoms. The smallest absolute Gasteiger partial charge is 0.0558 e. The molecule has 0 radical (unpaired) electrons. The van der Waals surface area contributed by atoms with Gasteiger partial charge >= 0.3 is 0 Å². The van der Waals surface area contributed by atoms with E-state index in [4.69, 9.17) is 5.11 Å². The van der Waals surface area contributed by atoms with Crippen LogP contribution in [-0.2, 0) is 0 Å². The Hall–Kier alpha value is -0.0800. The van der Waals surface area contributed by atoms with Crippen LogP contribution in [-0.4, -0.2) is 35.7 Å². The lowest BCUT2D eigenvalue weighted by Crippen LogP contribution is -2.40. The molecule has 1 rings (SSSR count). The summed E-state index contributed by atoms with van der Waals surface area (Å²) in [5, 5.41) is 8.87. The number of β-amino-alcohol motifs (C(OH)–C–C–N with tert-alkyl or cyclic N) is 1. The van der Waals surface area contributed by atoms with Gasteiger partial charge in [0, 0.05) is 12.6 Å². The summed E-state index contributed by atoms with van der Waals surface area (Å²) in [6.07, 6.45) is 2.59. The van der Waals surface area contributed by atoms with E-state index in [1.807, 2.05) is 0 Å². The highest BCUT2D eigenvalue weighted by Crippen LogP contribution is 2.31. The Balaban J connectivity index is 2.52. The quantitative estimate of drug-likeness (QED) is 0.680. The van der Waals surface area contributed by atoms with E-state index in [1.54, 1.807) is 0 Å². The molecule has 1 fully saturated rings. The normalized spacial score (nSPS) is 26.5. The molecule has 1 atom stereocenters. The van der Waals surface area contributed by atoms with Crippen molar-refractivity contribution in [3.05, 3.63) is 0 Å². The van der Waals surface area contributed by atoms with Crippen molar-refractivity contribution in [3.63, 3.8) is 0 Å². The summed E-state index contributed by atoms with van der Waals surface area (Å²) in [6.45, 7) is 9.17. The van der Waals surface area contributed by atoms with E-state index in [1.165, 1.54) is 19.4 Å². The van der Waals surface area contributed by atoms with E-state index in [9.17, 15) is 0 Å². The average Bonchev–Trinajstić information content (AvgIpc) is 2.34. The summed E-state index contributed by atoms with van der Waals surface area (Å²) in [5.41, 5.74) is 0.367. The van der Waals surface area contributed by atoms with Crippen molar-refractivity contribution in [2.45, 2.75) is 39.7 Å². The van der Waals surface area contributed by atoms with Gasteiger partial charge in [-0.2, -0.15) is 0 Å². The summed E-state index contributed by atoms with van der Waals surface area (Å²) in [7, 11) is 0. The van der Waals surface area contributed by atoms with Crippen LogP contribution in [0.5, 0.6) is 0 Å². The van der Waals surface area contributed by atoms with Gasteiger partial charge in [0.1, 0.15) is 0 Å². The zero-order chi connectivity index (χ0) is 9.19. The minimum Gasteiger partial charge on any atom is -0.395 e. The number of rotatable bonds is 2. The van der Waals surface area contributed by atoms with Crippen LogP contribution in [0.2, 0.25) is 0 Å². The predicted molar refractivity (Wildman–Crippen MR) is 51.1 cm³/mol. The van der Waals surface area contributed by atoms with Crippen LogP contribution >= 0.6 is 0 Å². The highest BCUT2D eigenvalue weighted by molar-refractivity contribution is 4.87. The van der Waals surface area contributed by atoms with Gasteiger partial charge in [-0.25, -0.2) is 0 Å². The third-order valence-corrected chi connectivity index (χ3v) is 2.75. The van der Waals surface area contributed by atoms with Gasteiger partial charge in [0.05, 0.1) is 6.61 Å². The molecule has 0 aliphatic carbocycles. The summed E-state index contributed by atoms with van der Waals surface area (Å²) in [6, 6.07) is 0.671. The topological polar surface area (TPSA) is 23.5 Å². The number of aliphatic hydroxyl groups excluding tert-OH is 1. The molecular formula is C10H21NO. The zero-order valence-corrected chi connectivity index (χ0v) is 8.51. The Morgan fingerprint density at radius 2 is 2.08 bits per heavy atom. The van der Waals surface area contributed by atoms with Crippen molar-refractivity contribution >= 4 is 0 Å². The van der Waals surface area contributed by atoms with Gasteiger partial charge in [-0.15, -0.1) is 0 Å². The van der Waals surface area contributed by atoms with Gasteiger partial charge in [-0.05, 0) is 24.8 Å². The predicted octanol–water partition coefficient (Wildman–Crippen LogP) is 1.49. The summed E-state index contributed by atoms with van der Waals surface area (Å²) in [4.78, 5) is 2.42. The molecule has 0 saturated carbocycles. The van der Waals surface area contributed by atoms with Crippen LogP contribution in [0.1, 0.15) is 33.6 Å². The molecule has 0 bridgehead atoms. The number of nitrogens with zero attached hydrogens (tertiary/aromatic N) is 1. The van der Waals surface area contributed by atoms with Gasteiger partial charge < -0.3 is 5.11 Å². The molecule has 1 saturated heterocycles. The molecule has 0 unspecified atom stereocenters. The van der Waals surface area contributed by atoms with Crippen LogP contribution in [0, 0.1) is 5.41 Å². The molecular weight excluding hydrogens is 150 g/mol. The van der Waals surface area contributed by atoms with Gasteiger partial charge in [0.25, 0.3) is 0 Å². The Labute approximate surface area is 75.6 Å². The second kappa shape index (κ2) is 3.75. The van der Waals surface area contributed by atoms with Crippen molar-refractivity contribution in [1.82, 2.24) is 4.90 Å². The lowest BCUT2D eigenvalue weighted by Gasteiger charge is -2.34. The molecule has 0 amide bonds. The fourth-order valence-electron chi connectivity index (χ4n) is 2.20. The third kappa shape index (κ3) is 2.20. The van der Waals surface area contributed by atoms with E-state index in [2.05, 4.69) is 25.7 Å². The molecule has 1 aliphatic rings. The van der Waals surface area contributed by atoms with Crippen LogP contribution in [0.15, 0.2) is 0 Å². The summed E-state index contributed by atoms with van der Waals surface area (Å²) in [5.74, 6) is 0. The first-order chi connectivity index (χ1) is 5.55. The van der Waals surface area contributed by atoms with E-state index in [0.717, 1.165) is 6.54 Å². The highest BCUT2D eigenvalue weighted by atomic mass is 16.3. The average molecular weight is 171 g/mol. The van der Waals surface area contributed by atoms with E-state index >= 15 is 0 Å². The molecule has 1 heterocycles. The van der Waals surface area contributed by atoms with Gasteiger partial charge in [0.2, 0.25) is 0 Å². The van der Waals surface area contributed by atoms with Crippen molar-refractivity contribution in [2.24, 2.45) is 5.41 Å². The zero-order valence-electron chi connectivity index (χ0n) is 8.51. The maximum Gasteiger partial charge on any atom is 0.0558 e. The minimum absolute atomic E-state index is 0.298. The molecule has 1 N–H and O–H groups in total. The first kappa shape index (κ1) is 10.0. The SMILES string of the molecule is CC(C)(C)[C@@H]1CCCN1CCO. The highest BCUT2D eigenvalue weighted by Gasteiger charge is 2.33. The Kier molecular flexibility index (Phi) is 3.13. The summed E-state index contributed by atoms with van der Waals surface area (Å²) >= 11 is 0. The van der Waals surface area contributed by atoms with Crippen LogP contribution in [0.25, 0.3) is 0 Å². The minimum atomic E-state index is 0.298. The molecule has 72 valence electrons. The first-order valence-corrected chi connectivity index (χ1v) is 4.90. The van der Waals surface area contributed by atoms with Crippen molar-refractivity contribution in [1.29, 1.82) is 0 Å². The van der Waals surface area contributed by atoms with Gasteiger partial charge in [-0.3, -0.25) is 4.90 Å². The first-order valence-electron chi connectivity index (χ1n) is 4.90. The fourth-order valence-corrected chi connectivity index (χ4v) is 2.20. The monoisotopic (exact) mass is 171 g/mol. The second-order valence-corrected chi connectivity index (χ2v) is 4.78. The fraction of sp³-hybridized carbons (Fsp3) is 1.00. The maximum absolute atomic E-state index is 8.87. The Bertz CT molecular complexity index is 139. The van der Waals surface area contributed by atoms with Gasteiger partial charge in [-0.1, -0.05) is 20.8 Å². The number of aliphatic hydroxyl groups is 1. The molecule has 2 nitrogen and oxygen atoms in total. The van der Waals surface area contributed by atoms with Crippen molar-refractivity contribution < 1.29 is 5.11 Å². The van der Waals surface area contributed by atoms with Crippen LogP contribution in [0.4, 0.5) is 0 Å². The lowest BCUT2D eigenvalue weighted by atomic mass is 9.85. The standard InChI is InChI=1S/C10H21NO/c1-10(2,3)9-5-4-6-11(9)7-8-12/h9,12H,4-8H2,1-3H3/t9-/m0/s1. The van der Waals surface area contributed by atoms with Crippen molar-refractivity contribution in [2.75, 3.05) is 19.7 Å². The third-order valence-electron chi connectivity index (χ3n) is 2.75. The summed E-state index contributed by atoms with van der Waals surface area (Å²) < 4.78 is 0. The Morgan fingerprint density at radius 1 is 1.42 bits per heavy atom. The number of hydrogen-bond donors (Lipinski definition) is 1. The maximum atomic E-state index is 8.87. The van der Waals surface area contributed by atoms with E-state index < -0.39 is 0 Å². The largest absolute Gasteiger partial charge is 0.395 e. The van der Waals surface area contributed by atoms with Crippen molar-refractivity contribution in [3.8, 4) is 0 Å². The van der Waals surface area contributed by atoms with E-state index in [-0.39, 0.29) is 0 Å². The molecule has 2 heteroatoms. The van der Waals surface area contributed by atoms with Crippen LogP contribution in [0.3, 0.4) is 0 Å². The molecule has 1 aliphatic heterocycles. The molecule has 0 spiro atoms. The molecule has 0 aromatic rings. The van der Waals surface area contributed by atoms with E-state index in [0.29, 0.717) is 18.1 Å². The Morgan fingerprint density at radius 3 is 2.58 bits per heavy atom. The lowest BCUT2D eigenvalue weighted by molar-refractivity contribution is 0.116. The van der Waals surface area contributed by atoms with Crippen LogP contribution < -0.4 is 0 Å². The number of hydrogen-bond acceptors (Lipinski definition) is 2. The van der Waals surface area contributed by atoms with Gasteiger partial charge in [0.15, 0.2) is 0 Å². The molecule has 0 aromatic heterocycles.